The number of pyridine rings is 1. The van der Waals surface area contributed by atoms with Gasteiger partial charge in [0.15, 0.2) is 10.6 Å². The molecule has 1 fully saturated rings. The zero-order chi connectivity index (χ0) is 20.7. The third kappa shape index (κ3) is 3.65. The number of para-hydroxylation sites is 1. The zero-order valence-electron chi connectivity index (χ0n) is 15.9. The lowest BCUT2D eigenvalue weighted by Gasteiger charge is -2.14. The molecule has 0 bridgehead atoms. The number of H-pyrrole nitrogens is 1. The first kappa shape index (κ1) is 19.7. The zero-order valence-corrected chi connectivity index (χ0v) is 18.3. The van der Waals surface area contributed by atoms with Crippen LogP contribution in [-0.4, -0.2) is 32.5 Å². The van der Waals surface area contributed by atoms with Gasteiger partial charge in [-0.1, -0.05) is 41.4 Å². The van der Waals surface area contributed by atoms with Crippen molar-refractivity contribution in [3.05, 3.63) is 63.3 Å². The van der Waals surface area contributed by atoms with Crippen LogP contribution in [0.25, 0.3) is 33.5 Å². The minimum Gasteiger partial charge on any atom is -0.376 e. The van der Waals surface area contributed by atoms with Gasteiger partial charge in [0.1, 0.15) is 0 Å². The fourth-order valence-corrected chi connectivity index (χ4v) is 4.59. The number of hydrogen-bond acceptors (Lipinski definition) is 4. The summed E-state index contributed by atoms with van der Waals surface area (Å²) in [6.45, 7) is 1.46. The highest BCUT2D eigenvalue weighted by molar-refractivity contribution is 7.71. The highest BCUT2D eigenvalue weighted by atomic mass is 35.5. The van der Waals surface area contributed by atoms with E-state index < -0.39 is 0 Å². The monoisotopic (exact) mass is 456 g/mol. The summed E-state index contributed by atoms with van der Waals surface area (Å²) >= 11 is 18.1. The molecule has 1 atom stereocenters. The molecule has 1 aliphatic heterocycles. The van der Waals surface area contributed by atoms with Crippen molar-refractivity contribution < 1.29 is 4.74 Å². The average molecular weight is 457 g/mol. The summed E-state index contributed by atoms with van der Waals surface area (Å²) in [6.07, 6.45) is 2.24. The smallest absolute Gasteiger partial charge is 0.195 e. The van der Waals surface area contributed by atoms with Crippen LogP contribution in [0, 0.1) is 4.77 Å². The maximum absolute atomic E-state index is 6.48. The van der Waals surface area contributed by atoms with Crippen LogP contribution in [0.1, 0.15) is 12.8 Å². The van der Waals surface area contributed by atoms with E-state index in [2.05, 4.69) is 10.2 Å². The van der Waals surface area contributed by atoms with E-state index in [-0.39, 0.29) is 6.10 Å². The van der Waals surface area contributed by atoms with E-state index >= 15 is 0 Å². The van der Waals surface area contributed by atoms with Crippen LogP contribution in [0.3, 0.4) is 0 Å². The molecule has 1 saturated heterocycles. The van der Waals surface area contributed by atoms with Gasteiger partial charge in [-0.25, -0.2) is 4.98 Å². The van der Waals surface area contributed by atoms with Crippen LogP contribution in [0.2, 0.25) is 10.0 Å². The number of benzene rings is 2. The number of rotatable bonds is 4. The number of nitrogens with one attached hydrogen (secondary N) is 1. The first-order valence-electron chi connectivity index (χ1n) is 9.72. The molecule has 152 valence electrons. The molecule has 0 radical (unpaired) electrons. The molecule has 2 aromatic heterocycles. The third-order valence-corrected chi connectivity index (χ3v) is 6.19. The van der Waals surface area contributed by atoms with E-state index in [0.717, 1.165) is 53.0 Å². The predicted octanol–water partition coefficient (Wildman–Crippen LogP) is 6.31. The number of aromatic nitrogens is 4. The number of fused-ring (bicyclic) bond motifs is 1. The van der Waals surface area contributed by atoms with Crippen LogP contribution in [0.5, 0.6) is 0 Å². The molecule has 3 heterocycles. The minimum absolute atomic E-state index is 0.145. The summed E-state index contributed by atoms with van der Waals surface area (Å²) in [5.74, 6) is 0.764. The maximum Gasteiger partial charge on any atom is 0.195 e. The molecule has 0 saturated carbocycles. The van der Waals surface area contributed by atoms with E-state index in [0.29, 0.717) is 21.4 Å². The molecule has 1 aliphatic rings. The van der Waals surface area contributed by atoms with Crippen molar-refractivity contribution in [2.75, 3.05) is 6.61 Å². The van der Waals surface area contributed by atoms with Gasteiger partial charge < -0.3 is 4.74 Å². The fourth-order valence-electron chi connectivity index (χ4n) is 3.88. The first-order chi connectivity index (χ1) is 14.6. The fraction of sp³-hybridized carbons (Fsp3) is 0.227. The largest absolute Gasteiger partial charge is 0.376 e. The van der Waals surface area contributed by atoms with Crippen molar-refractivity contribution >= 4 is 46.3 Å². The number of ether oxygens (including phenoxy) is 1. The normalized spacial score (nSPS) is 16.4. The van der Waals surface area contributed by atoms with Crippen molar-refractivity contribution in [1.29, 1.82) is 0 Å². The summed E-state index contributed by atoms with van der Waals surface area (Å²) in [5.41, 5.74) is 3.36. The molecular weight excluding hydrogens is 439 g/mol. The molecule has 30 heavy (non-hydrogen) atoms. The highest BCUT2D eigenvalue weighted by Crippen LogP contribution is 2.35. The SMILES string of the molecule is S=c1[nH]nc(-c2cc(-c3ccc(Cl)cc3Cl)nc3ccccc23)n1CC1CCCO1. The van der Waals surface area contributed by atoms with Gasteiger partial charge in [-0.05, 0) is 55.4 Å². The first-order valence-corrected chi connectivity index (χ1v) is 10.9. The Morgan fingerprint density at radius 1 is 1.13 bits per heavy atom. The molecule has 4 aromatic rings. The van der Waals surface area contributed by atoms with Crippen molar-refractivity contribution in [3.8, 4) is 22.6 Å². The standard InChI is InChI=1S/C22H18Cl2N4OS/c23-13-7-8-16(18(24)10-13)20-11-17(15-5-1-2-6-19(15)25-20)21-26-27-22(30)28(21)12-14-4-3-9-29-14/h1-2,5-8,10-11,14H,3-4,9,12H2,(H,27,30). The highest BCUT2D eigenvalue weighted by Gasteiger charge is 2.21. The Hall–Kier alpha value is -2.25. The summed E-state index contributed by atoms with van der Waals surface area (Å²) in [7, 11) is 0. The van der Waals surface area contributed by atoms with Crippen LogP contribution in [0.4, 0.5) is 0 Å². The van der Waals surface area contributed by atoms with Gasteiger partial charge in [0.25, 0.3) is 0 Å². The van der Waals surface area contributed by atoms with E-state index in [1.165, 1.54) is 0 Å². The van der Waals surface area contributed by atoms with Crippen LogP contribution in [-0.2, 0) is 11.3 Å². The lowest BCUT2D eigenvalue weighted by Crippen LogP contribution is -2.16. The number of aromatic amines is 1. The predicted molar refractivity (Wildman–Crippen MR) is 123 cm³/mol. The Morgan fingerprint density at radius 3 is 2.80 bits per heavy atom. The van der Waals surface area contributed by atoms with Crippen molar-refractivity contribution in [2.45, 2.75) is 25.5 Å². The van der Waals surface area contributed by atoms with Crippen LogP contribution < -0.4 is 0 Å². The molecule has 5 nitrogen and oxygen atoms in total. The molecule has 2 aromatic carbocycles. The van der Waals surface area contributed by atoms with Gasteiger partial charge in [0.2, 0.25) is 0 Å². The van der Waals surface area contributed by atoms with E-state index in [9.17, 15) is 0 Å². The third-order valence-electron chi connectivity index (χ3n) is 5.33. The molecule has 0 aliphatic carbocycles. The number of halogens is 2. The van der Waals surface area contributed by atoms with Gasteiger partial charge in [-0.15, -0.1) is 0 Å². The second-order valence-corrected chi connectivity index (χ2v) is 8.52. The molecular formula is C22H18Cl2N4OS. The topological polar surface area (TPSA) is 55.7 Å². The van der Waals surface area contributed by atoms with Crippen LogP contribution in [0.15, 0.2) is 48.5 Å². The Morgan fingerprint density at radius 2 is 2.00 bits per heavy atom. The Bertz CT molecular complexity index is 1290. The van der Waals surface area contributed by atoms with Gasteiger partial charge in [-0.3, -0.25) is 9.67 Å². The molecule has 8 heteroatoms. The second-order valence-electron chi connectivity index (χ2n) is 7.29. The molecule has 0 amide bonds. The summed E-state index contributed by atoms with van der Waals surface area (Å²) < 4.78 is 8.42. The van der Waals surface area contributed by atoms with E-state index in [1.807, 2.05) is 47.0 Å². The number of nitrogens with zero attached hydrogens (tertiary/aromatic N) is 3. The molecule has 0 spiro atoms. The van der Waals surface area contributed by atoms with E-state index in [4.69, 9.17) is 45.1 Å². The minimum atomic E-state index is 0.145. The molecule has 5 rings (SSSR count). The lowest BCUT2D eigenvalue weighted by atomic mass is 10.0. The van der Waals surface area contributed by atoms with Crippen molar-refractivity contribution in [1.82, 2.24) is 19.7 Å². The van der Waals surface area contributed by atoms with Crippen molar-refractivity contribution in [3.63, 3.8) is 0 Å². The summed E-state index contributed by atoms with van der Waals surface area (Å²) in [6, 6.07) is 15.4. The Kier molecular flexibility index (Phi) is 5.33. The van der Waals surface area contributed by atoms with Gasteiger partial charge >= 0.3 is 0 Å². The van der Waals surface area contributed by atoms with Gasteiger partial charge in [-0.2, -0.15) is 5.10 Å². The number of hydrogen-bond donors (Lipinski definition) is 1. The van der Waals surface area contributed by atoms with Crippen molar-refractivity contribution in [2.24, 2.45) is 0 Å². The second kappa shape index (κ2) is 8.12. The van der Waals surface area contributed by atoms with E-state index in [1.54, 1.807) is 6.07 Å². The van der Waals surface area contributed by atoms with Gasteiger partial charge in [0, 0.05) is 28.1 Å². The Balaban J connectivity index is 1.70. The average Bonchev–Trinajstić information content (AvgIpc) is 3.38. The molecule has 1 N–H and O–H groups in total. The quantitative estimate of drug-likeness (QED) is 0.365. The van der Waals surface area contributed by atoms with Crippen LogP contribution >= 0.6 is 35.4 Å². The maximum atomic E-state index is 6.48. The summed E-state index contributed by atoms with van der Waals surface area (Å²) in [4.78, 5) is 4.84. The summed E-state index contributed by atoms with van der Waals surface area (Å²) in [5, 5.41) is 9.64. The molecule has 1 unspecified atom stereocenters. The lowest BCUT2D eigenvalue weighted by molar-refractivity contribution is 0.0970. The van der Waals surface area contributed by atoms with Gasteiger partial charge in [0.05, 0.1) is 28.9 Å². The Labute approximate surface area is 188 Å².